The predicted molar refractivity (Wildman–Crippen MR) is 97.0 cm³/mol. The zero-order valence-corrected chi connectivity index (χ0v) is 15.6. The number of Topliss-reactive ketones (excluding diaryl/α,β-unsaturated/α-hetero) is 1. The lowest BCUT2D eigenvalue weighted by Gasteiger charge is -2.15. The van der Waals surface area contributed by atoms with E-state index in [-0.39, 0.29) is 29.4 Å². The van der Waals surface area contributed by atoms with Gasteiger partial charge in [0.15, 0.2) is 5.78 Å². The molecule has 0 aliphatic carbocycles. The fourth-order valence-corrected chi connectivity index (χ4v) is 3.70. The first-order valence-corrected chi connectivity index (χ1v) is 10.0. The molecular weight excluding hydrogens is 360 g/mol. The van der Waals surface area contributed by atoms with E-state index < -0.39 is 16.1 Å². The summed E-state index contributed by atoms with van der Waals surface area (Å²) in [6.07, 6.45) is 0.213. The summed E-state index contributed by atoms with van der Waals surface area (Å²) in [5, 5.41) is 7.88. The Labute approximate surface area is 151 Å². The number of rotatable bonds is 7. The number of amides is 1. The van der Waals surface area contributed by atoms with Gasteiger partial charge in [0.1, 0.15) is 0 Å². The molecule has 25 heavy (non-hydrogen) atoms. The number of hydrogen-bond acceptors (Lipinski definition) is 5. The fraction of sp³-hybridized carbons (Fsp3) is 0.294. The van der Waals surface area contributed by atoms with E-state index in [4.69, 9.17) is 5.14 Å². The number of carbonyl (C=O) groups is 2. The maximum absolute atomic E-state index is 12.0. The van der Waals surface area contributed by atoms with Gasteiger partial charge in [-0.1, -0.05) is 12.1 Å². The summed E-state index contributed by atoms with van der Waals surface area (Å²) in [6.45, 7) is 3.66. The van der Waals surface area contributed by atoms with Crippen LogP contribution in [0.5, 0.6) is 0 Å². The van der Waals surface area contributed by atoms with Crippen LogP contribution in [0.2, 0.25) is 0 Å². The van der Waals surface area contributed by atoms with Gasteiger partial charge in [-0.3, -0.25) is 9.59 Å². The minimum Gasteiger partial charge on any atom is -0.350 e. The van der Waals surface area contributed by atoms with Crippen LogP contribution >= 0.6 is 11.3 Å². The number of carbonyl (C=O) groups excluding carboxylic acids is 2. The van der Waals surface area contributed by atoms with Crippen LogP contribution in [-0.2, 0) is 14.8 Å². The van der Waals surface area contributed by atoms with E-state index in [9.17, 15) is 18.0 Å². The molecule has 0 saturated carbocycles. The van der Waals surface area contributed by atoms with Gasteiger partial charge >= 0.3 is 0 Å². The topological polar surface area (TPSA) is 106 Å². The molecule has 3 N–H and O–H groups in total. The normalized spacial score (nSPS) is 12.6. The summed E-state index contributed by atoms with van der Waals surface area (Å²) < 4.78 is 22.8. The molecule has 1 atom stereocenters. The summed E-state index contributed by atoms with van der Waals surface area (Å²) in [6, 6.07) is 9.35. The van der Waals surface area contributed by atoms with Crippen molar-refractivity contribution in [3.63, 3.8) is 0 Å². The Bertz CT molecular complexity index is 888. The first-order chi connectivity index (χ1) is 11.7. The molecule has 8 heteroatoms. The average molecular weight is 380 g/mol. The maximum atomic E-state index is 12.0. The van der Waals surface area contributed by atoms with Crippen molar-refractivity contribution in [2.45, 2.75) is 37.6 Å². The molecule has 0 spiro atoms. The van der Waals surface area contributed by atoms with Crippen LogP contribution in [0.25, 0.3) is 0 Å². The van der Waals surface area contributed by atoms with Crippen LogP contribution in [0.4, 0.5) is 0 Å². The molecule has 0 aliphatic rings. The second-order valence-electron chi connectivity index (χ2n) is 5.74. The highest BCUT2D eigenvalue weighted by Crippen LogP contribution is 2.19. The van der Waals surface area contributed by atoms with Crippen LogP contribution in [0, 0.1) is 6.92 Å². The largest absolute Gasteiger partial charge is 0.350 e. The molecule has 2 rings (SSSR count). The van der Waals surface area contributed by atoms with Crippen molar-refractivity contribution in [2.24, 2.45) is 5.14 Å². The van der Waals surface area contributed by atoms with Gasteiger partial charge in [0, 0.05) is 17.7 Å². The summed E-state index contributed by atoms with van der Waals surface area (Å²) in [5.74, 6) is -0.327. The SMILES string of the molecule is Cc1ccc(C(=O)CCC(=O)NC(C)c2cccc(S(N)(=O)=O)c2)s1. The quantitative estimate of drug-likeness (QED) is 0.720. The zero-order valence-electron chi connectivity index (χ0n) is 14.0. The predicted octanol–water partition coefficient (Wildman–Crippen LogP) is 2.54. The lowest BCUT2D eigenvalue weighted by Crippen LogP contribution is -2.27. The van der Waals surface area contributed by atoms with E-state index in [1.54, 1.807) is 25.1 Å². The van der Waals surface area contributed by atoms with Gasteiger partial charge in [0.05, 0.1) is 15.8 Å². The molecule has 134 valence electrons. The lowest BCUT2D eigenvalue weighted by molar-refractivity contribution is -0.121. The molecular formula is C17H20N2O4S2. The number of aryl methyl sites for hydroxylation is 1. The van der Waals surface area contributed by atoms with Gasteiger partial charge in [-0.2, -0.15) is 0 Å². The first-order valence-electron chi connectivity index (χ1n) is 7.68. The Hall–Kier alpha value is -2.03. The molecule has 1 aromatic heterocycles. The van der Waals surface area contributed by atoms with Crippen molar-refractivity contribution >= 4 is 33.1 Å². The average Bonchev–Trinajstić information content (AvgIpc) is 2.98. The van der Waals surface area contributed by atoms with Crippen LogP contribution in [0.15, 0.2) is 41.3 Å². The van der Waals surface area contributed by atoms with Crippen molar-refractivity contribution in [1.82, 2.24) is 5.32 Å². The highest BCUT2D eigenvalue weighted by molar-refractivity contribution is 7.89. The van der Waals surface area contributed by atoms with Crippen LogP contribution < -0.4 is 10.5 Å². The Balaban J connectivity index is 1.93. The van der Waals surface area contributed by atoms with Crippen LogP contribution in [-0.4, -0.2) is 20.1 Å². The molecule has 0 radical (unpaired) electrons. The highest BCUT2D eigenvalue weighted by atomic mass is 32.2. The van der Waals surface area contributed by atoms with Crippen LogP contribution in [0.3, 0.4) is 0 Å². The summed E-state index contributed by atoms with van der Waals surface area (Å²) >= 11 is 1.41. The van der Waals surface area contributed by atoms with Gasteiger partial charge in [0.25, 0.3) is 0 Å². The van der Waals surface area contributed by atoms with E-state index in [1.807, 2.05) is 13.0 Å². The molecule has 1 heterocycles. The smallest absolute Gasteiger partial charge is 0.238 e. The third kappa shape index (κ3) is 5.48. The minimum atomic E-state index is -3.79. The number of sulfonamides is 1. The number of benzene rings is 1. The number of hydrogen-bond donors (Lipinski definition) is 2. The first kappa shape index (κ1) is 19.3. The van der Waals surface area contributed by atoms with Crippen molar-refractivity contribution in [3.05, 3.63) is 51.7 Å². The minimum absolute atomic E-state index is 0.00524. The Kier molecular flexibility index (Phi) is 6.10. The molecule has 2 aromatic rings. The highest BCUT2D eigenvalue weighted by Gasteiger charge is 2.15. The number of nitrogens with one attached hydrogen (secondary N) is 1. The summed E-state index contributed by atoms with van der Waals surface area (Å²) in [5.41, 5.74) is 0.625. The van der Waals surface area contributed by atoms with Crippen molar-refractivity contribution in [2.75, 3.05) is 0 Å². The Morgan fingerprint density at radius 3 is 2.52 bits per heavy atom. The monoisotopic (exact) mass is 380 g/mol. The molecule has 0 aliphatic heterocycles. The standard InChI is InChI=1S/C17H20N2O4S2/c1-11-6-8-16(24-11)15(20)7-9-17(21)19-12(2)13-4-3-5-14(10-13)25(18,22)23/h3-6,8,10,12H,7,9H2,1-2H3,(H,19,21)(H2,18,22,23). The van der Waals surface area contributed by atoms with E-state index >= 15 is 0 Å². The van der Waals surface area contributed by atoms with E-state index in [0.717, 1.165) is 4.88 Å². The van der Waals surface area contributed by atoms with Gasteiger partial charge in [0.2, 0.25) is 15.9 Å². The number of primary sulfonamides is 1. The molecule has 0 fully saturated rings. The number of thiophene rings is 1. The molecule has 0 saturated heterocycles. The van der Waals surface area contributed by atoms with Gasteiger partial charge in [-0.25, -0.2) is 13.6 Å². The van der Waals surface area contributed by atoms with Crippen molar-refractivity contribution in [1.29, 1.82) is 0 Å². The number of ketones is 1. The van der Waals surface area contributed by atoms with Crippen LogP contribution in [0.1, 0.15) is 45.9 Å². The molecule has 1 unspecified atom stereocenters. The number of nitrogens with two attached hydrogens (primary N) is 1. The maximum Gasteiger partial charge on any atom is 0.238 e. The lowest BCUT2D eigenvalue weighted by atomic mass is 10.1. The summed E-state index contributed by atoms with van der Waals surface area (Å²) in [7, 11) is -3.79. The molecule has 1 aromatic carbocycles. The molecule has 0 bridgehead atoms. The Morgan fingerprint density at radius 2 is 1.92 bits per heavy atom. The van der Waals surface area contributed by atoms with E-state index in [1.165, 1.54) is 23.5 Å². The zero-order chi connectivity index (χ0) is 18.6. The van der Waals surface area contributed by atoms with Crippen molar-refractivity contribution < 1.29 is 18.0 Å². The third-order valence-electron chi connectivity index (χ3n) is 3.66. The Morgan fingerprint density at radius 1 is 1.20 bits per heavy atom. The molecule has 6 nitrogen and oxygen atoms in total. The van der Waals surface area contributed by atoms with Crippen molar-refractivity contribution in [3.8, 4) is 0 Å². The van der Waals surface area contributed by atoms with E-state index in [0.29, 0.717) is 10.4 Å². The molecule has 1 amide bonds. The van der Waals surface area contributed by atoms with Gasteiger partial charge < -0.3 is 5.32 Å². The van der Waals surface area contributed by atoms with Gasteiger partial charge in [-0.15, -0.1) is 11.3 Å². The summed E-state index contributed by atoms with van der Waals surface area (Å²) in [4.78, 5) is 25.8. The second kappa shape index (κ2) is 7.90. The second-order valence-corrected chi connectivity index (χ2v) is 8.59. The van der Waals surface area contributed by atoms with E-state index in [2.05, 4.69) is 5.32 Å². The van der Waals surface area contributed by atoms with Gasteiger partial charge in [-0.05, 0) is 43.7 Å². The fourth-order valence-electron chi connectivity index (χ4n) is 2.29. The third-order valence-corrected chi connectivity index (χ3v) is 5.61.